The Morgan fingerprint density at radius 3 is 2.08 bits per heavy atom. The van der Waals surface area contributed by atoms with Crippen LogP contribution in [0.4, 0.5) is 0 Å². The van der Waals surface area contributed by atoms with Crippen molar-refractivity contribution in [3.8, 4) is 0 Å². The number of aromatic nitrogens is 1. The summed E-state index contributed by atoms with van der Waals surface area (Å²) >= 11 is 0.274. The average Bonchev–Trinajstić information content (AvgIpc) is 2.62. The van der Waals surface area contributed by atoms with Gasteiger partial charge in [-0.2, -0.15) is 0 Å². The molecule has 1 nitrogen and oxygen atoms in total. The summed E-state index contributed by atoms with van der Waals surface area (Å²) in [7, 11) is 0. The molecule has 0 saturated heterocycles. The van der Waals surface area contributed by atoms with Gasteiger partial charge in [0.25, 0.3) is 0 Å². The summed E-state index contributed by atoms with van der Waals surface area (Å²) in [6, 6.07) is 30.6. The SMILES string of the molecule is c1ccc2cc3c(cc2c1)[se]c1ccccc1[nH]c1ccccc13. The van der Waals surface area contributed by atoms with Gasteiger partial charge in [0.1, 0.15) is 0 Å². The first-order chi connectivity index (χ1) is 11.9. The second-order valence-electron chi connectivity index (χ2n) is 5.96. The molecule has 5 aromatic rings. The van der Waals surface area contributed by atoms with Gasteiger partial charge in [-0.05, 0) is 0 Å². The van der Waals surface area contributed by atoms with Gasteiger partial charge in [-0.1, -0.05) is 0 Å². The van der Waals surface area contributed by atoms with Gasteiger partial charge < -0.3 is 0 Å². The molecule has 0 saturated carbocycles. The Balaban J connectivity index is 2.12. The van der Waals surface area contributed by atoms with Crippen LogP contribution in [0.2, 0.25) is 0 Å². The molecular weight excluding hydrogens is 357 g/mol. The molecule has 0 aliphatic heterocycles. The zero-order valence-corrected chi connectivity index (χ0v) is 14.7. The van der Waals surface area contributed by atoms with Crippen molar-refractivity contribution in [2.45, 2.75) is 0 Å². The van der Waals surface area contributed by atoms with E-state index >= 15 is 0 Å². The van der Waals surface area contributed by atoms with Crippen LogP contribution in [0.3, 0.4) is 0 Å². The third-order valence-electron chi connectivity index (χ3n) is 4.44. The molecule has 24 heavy (non-hydrogen) atoms. The molecule has 1 aromatic heterocycles. The van der Waals surface area contributed by atoms with E-state index in [0.717, 1.165) is 0 Å². The Bertz CT molecular complexity index is 1260. The minimum absolute atomic E-state index is 0.274. The summed E-state index contributed by atoms with van der Waals surface area (Å²) in [5.74, 6) is 0. The van der Waals surface area contributed by atoms with Crippen LogP contribution in [0.25, 0.3) is 41.1 Å². The second kappa shape index (κ2) is 5.52. The van der Waals surface area contributed by atoms with Crippen molar-refractivity contribution in [3.05, 3.63) is 84.9 Å². The minimum atomic E-state index is 0.274. The molecule has 1 heterocycles. The van der Waals surface area contributed by atoms with Crippen LogP contribution in [0, 0.1) is 0 Å². The second-order valence-corrected chi connectivity index (χ2v) is 8.24. The maximum absolute atomic E-state index is 3.65. The van der Waals surface area contributed by atoms with E-state index in [9.17, 15) is 0 Å². The normalized spacial score (nSPS) is 11.3. The quantitative estimate of drug-likeness (QED) is 0.330. The zero-order valence-electron chi connectivity index (χ0n) is 13.0. The number of hydrogen-bond acceptors (Lipinski definition) is 0. The van der Waals surface area contributed by atoms with Crippen molar-refractivity contribution in [1.82, 2.24) is 4.98 Å². The van der Waals surface area contributed by atoms with E-state index in [0.29, 0.717) is 0 Å². The van der Waals surface area contributed by atoms with Crippen LogP contribution in [-0.4, -0.2) is 19.5 Å². The fourth-order valence-electron chi connectivity index (χ4n) is 3.26. The summed E-state index contributed by atoms with van der Waals surface area (Å²) in [4.78, 5) is 3.65. The number of hydrogen-bond donors (Lipinski definition) is 1. The fraction of sp³-hybridized carbons (Fsp3) is 0. The van der Waals surface area contributed by atoms with Crippen LogP contribution in [0.15, 0.2) is 84.9 Å². The van der Waals surface area contributed by atoms with Gasteiger partial charge in [0.15, 0.2) is 0 Å². The van der Waals surface area contributed by atoms with Crippen molar-refractivity contribution >= 4 is 55.6 Å². The van der Waals surface area contributed by atoms with Crippen molar-refractivity contribution in [3.63, 3.8) is 0 Å². The summed E-state index contributed by atoms with van der Waals surface area (Å²) in [5.41, 5.74) is 2.40. The number of aromatic amines is 1. The molecular formula is C22H15NSe. The number of benzene rings is 4. The van der Waals surface area contributed by atoms with E-state index in [2.05, 4.69) is 89.9 Å². The molecule has 5 rings (SSSR count). The predicted octanol–water partition coefficient (Wildman–Crippen LogP) is 5.81. The van der Waals surface area contributed by atoms with Gasteiger partial charge in [-0.15, -0.1) is 0 Å². The molecule has 0 unspecified atom stereocenters. The molecule has 1 N–H and O–H groups in total. The first kappa shape index (κ1) is 13.9. The Morgan fingerprint density at radius 1 is 0.542 bits per heavy atom. The first-order valence-corrected chi connectivity index (χ1v) is 9.76. The van der Waals surface area contributed by atoms with E-state index in [1.165, 1.54) is 41.1 Å². The molecule has 0 bridgehead atoms. The van der Waals surface area contributed by atoms with Crippen molar-refractivity contribution < 1.29 is 0 Å². The predicted molar refractivity (Wildman–Crippen MR) is 105 cm³/mol. The van der Waals surface area contributed by atoms with Crippen molar-refractivity contribution in [2.75, 3.05) is 0 Å². The van der Waals surface area contributed by atoms with Gasteiger partial charge >= 0.3 is 146 Å². The van der Waals surface area contributed by atoms with Crippen LogP contribution >= 0.6 is 0 Å². The van der Waals surface area contributed by atoms with Gasteiger partial charge in [0.05, 0.1) is 0 Å². The number of H-pyrrole nitrogens is 1. The molecule has 0 amide bonds. The summed E-state index contributed by atoms with van der Waals surface area (Å²) in [6.07, 6.45) is 0. The van der Waals surface area contributed by atoms with Gasteiger partial charge in [0, 0.05) is 0 Å². The summed E-state index contributed by atoms with van der Waals surface area (Å²) in [6.45, 7) is 0. The molecule has 4 aromatic carbocycles. The average molecular weight is 372 g/mol. The topological polar surface area (TPSA) is 15.8 Å². The molecule has 0 atom stereocenters. The zero-order chi connectivity index (χ0) is 15.9. The standard InChI is InChI=1S/C22H15NSe/c1-2-8-16-14-22-18(13-15(16)7-1)17-9-3-4-10-19(17)23-20-11-5-6-12-21(20)24-22/h1-14,23H. The molecule has 0 aliphatic carbocycles. The number of rotatable bonds is 0. The molecule has 0 aliphatic rings. The molecule has 0 spiro atoms. The Hall–Kier alpha value is -2.54. The molecule has 2 heteroatoms. The van der Waals surface area contributed by atoms with Gasteiger partial charge in [-0.3, -0.25) is 0 Å². The maximum atomic E-state index is 3.65. The van der Waals surface area contributed by atoms with E-state index in [1.807, 2.05) is 0 Å². The Kier molecular flexibility index (Phi) is 3.19. The van der Waals surface area contributed by atoms with E-state index in [1.54, 1.807) is 0 Å². The first-order valence-electron chi connectivity index (χ1n) is 8.04. The summed E-state index contributed by atoms with van der Waals surface area (Å²) in [5, 5.41) is 5.26. The molecule has 114 valence electrons. The fourth-order valence-corrected chi connectivity index (χ4v) is 5.52. The number of nitrogens with one attached hydrogen (secondary N) is 1. The van der Waals surface area contributed by atoms with Crippen molar-refractivity contribution in [2.24, 2.45) is 0 Å². The van der Waals surface area contributed by atoms with E-state index in [-0.39, 0.29) is 14.5 Å². The number of fused-ring (bicyclic) bond motifs is 5. The third-order valence-corrected chi connectivity index (χ3v) is 6.82. The Labute approximate surface area is 145 Å². The summed E-state index contributed by atoms with van der Waals surface area (Å²) < 4.78 is 2.85. The van der Waals surface area contributed by atoms with E-state index in [4.69, 9.17) is 0 Å². The Morgan fingerprint density at radius 2 is 1.21 bits per heavy atom. The third kappa shape index (κ3) is 2.24. The van der Waals surface area contributed by atoms with Crippen LogP contribution < -0.4 is 0 Å². The van der Waals surface area contributed by atoms with Gasteiger partial charge in [-0.25, -0.2) is 0 Å². The van der Waals surface area contributed by atoms with Crippen LogP contribution in [0.5, 0.6) is 0 Å². The van der Waals surface area contributed by atoms with Crippen LogP contribution in [-0.2, 0) is 0 Å². The van der Waals surface area contributed by atoms with Crippen molar-refractivity contribution in [1.29, 1.82) is 0 Å². The van der Waals surface area contributed by atoms with Crippen LogP contribution in [0.1, 0.15) is 0 Å². The molecule has 0 radical (unpaired) electrons. The number of para-hydroxylation sites is 2. The monoisotopic (exact) mass is 373 g/mol. The van der Waals surface area contributed by atoms with Gasteiger partial charge in [0.2, 0.25) is 0 Å². The van der Waals surface area contributed by atoms with E-state index < -0.39 is 0 Å². The molecule has 0 fully saturated rings.